The maximum atomic E-state index is 5.62. The summed E-state index contributed by atoms with van der Waals surface area (Å²) in [6, 6.07) is 6.13. The van der Waals surface area contributed by atoms with Crippen LogP contribution >= 0.6 is 0 Å². The maximum Gasteiger partial charge on any atom is 0.185 e. The summed E-state index contributed by atoms with van der Waals surface area (Å²) in [6.45, 7) is 8.46. The molecule has 0 radical (unpaired) electrons. The molecule has 0 saturated heterocycles. The number of hydrogen-bond acceptors (Lipinski definition) is 3. The van der Waals surface area contributed by atoms with Crippen molar-refractivity contribution in [1.29, 1.82) is 0 Å². The van der Waals surface area contributed by atoms with Crippen molar-refractivity contribution in [3.8, 4) is 17.1 Å². The highest BCUT2D eigenvalue weighted by Gasteiger charge is 2.22. The second-order valence-electron chi connectivity index (χ2n) is 5.74. The Morgan fingerprint density at radius 3 is 2.37 bits per heavy atom. The standard InChI is InChI=1S/C15H21N3O/c1-10-16-14(17-18(10)5)11-8-7-9-12(13(11)19-6)15(2,3)4/h7-9H,1-6H3. The number of nitrogens with zero attached hydrogens (tertiary/aromatic N) is 3. The van der Waals surface area contributed by atoms with E-state index in [4.69, 9.17) is 4.74 Å². The summed E-state index contributed by atoms with van der Waals surface area (Å²) in [6.07, 6.45) is 0. The van der Waals surface area contributed by atoms with Crippen molar-refractivity contribution in [2.75, 3.05) is 7.11 Å². The second kappa shape index (κ2) is 4.68. The molecule has 0 N–H and O–H groups in total. The fourth-order valence-electron chi connectivity index (χ4n) is 2.10. The fourth-order valence-corrected chi connectivity index (χ4v) is 2.10. The van der Waals surface area contributed by atoms with Crippen molar-refractivity contribution < 1.29 is 4.74 Å². The van der Waals surface area contributed by atoms with Crippen LogP contribution in [0.3, 0.4) is 0 Å². The highest BCUT2D eigenvalue weighted by Crippen LogP contribution is 2.37. The zero-order valence-electron chi connectivity index (χ0n) is 12.5. The number of aromatic nitrogens is 3. The summed E-state index contributed by atoms with van der Waals surface area (Å²) >= 11 is 0. The topological polar surface area (TPSA) is 39.9 Å². The lowest BCUT2D eigenvalue weighted by Crippen LogP contribution is -2.13. The van der Waals surface area contributed by atoms with Crippen LogP contribution in [0.1, 0.15) is 32.2 Å². The molecule has 2 aromatic rings. The van der Waals surface area contributed by atoms with Gasteiger partial charge in [0.1, 0.15) is 11.6 Å². The molecular formula is C15H21N3O. The highest BCUT2D eigenvalue weighted by molar-refractivity contribution is 5.67. The van der Waals surface area contributed by atoms with Crippen molar-refractivity contribution in [2.45, 2.75) is 33.1 Å². The van der Waals surface area contributed by atoms with Gasteiger partial charge in [-0.3, -0.25) is 4.68 Å². The Kier molecular flexibility index (Phi) is 3.35. The first-order chi connectivity index (χ1) is 8.84. The van der Waals surface area contributed by atoms with Gasteiger partial charge in [0.05, 0.1) is 12.7 Å². The van der Waals surface area contributed by atoms with Crippen molar-refractivity contribution in [3.63, 3.8) is 0 Å². The van der Waals surface area contributed by atoms with Gasteiger partial charge in [0.25, 0.3) is 0 Å². The first kappa shape index (κ1) is 13.6. The van der Waals surface area contributed by atoms with Gasteiger partial charge < -0.3 is 4.74 Å². The lowest BCUT2D eigenvalue weighted by Gasteiger charge is -2.23. The van der Waals surface area contributed by atoms with Gasteiger partial charge >= 0.3 is 0 Å². The molecule has 0 fully saturated rings. The van der Waals surface area contributed by atoms with Gasteiger partial charge in [-0.05, 0) is 18.4 Å². The lowest BCUT2D eigenvalue weighted by atomic mass is 9.85. The van der Waals surface area contributed by atoms with Gasteiger partial charge in [-0.2, -0.15) is 5.10 Å². The number of rotatable bonds is 2. The lowest BCUT2D eigenvalue weighted by molar-refractivity contribution is 0.399. The predicted molar refractivity (Wildman–Crippen MR) is 76.4 cm³/mol. The van der Waals surface area contributed by atoms with Crippen molar-refractivity contribution >= 4 is 0 Å². The zero-order chi connectivity index (χ0) is 14.2. The third kappa shape index (κ3) is 2.48. The monoisotopic (exact) mass is 259 g/mol. The first-order valence-electron chi connectivity index (χ1n) is 6.40. The Bertz CT molecular complexity index is 574. The second-order valence-corrected chi connectivity index (χ2v) is 5.74. The SMILES string of the molecule is COc1c(-c2nc(C)n(C)n2)cccc1C(C)(C)C. The van der Waals surface area contributed by atoms with Crippen LogP contribution in [0.15, 0.2) is 18.2 Å². The van der Waals surface area contributed by atoms with E-state index in [1.165, 1.54) is 0 Å². The van der Waals surface area contributed by atoms with Gasteiger partial charge in [0.15, 0.2) is 5.82 Å². The largest absolute Gasteiger partial charge is 0.496 e. The minimum absolute atomic E-state index is 0.0190. The molecule has 0 aliphatic carbocycles. The molecule has 4 heteroatoms. The Hall–Kier alpha value is -1.84. The van der Waals surface area contributed by atoms with Gasteiger partial charge in [-0.1, -0.05) is 32.9 Å². The number of hydrogen-bond donors (Lipinski definition) is 0. The van der Waals surface area contributed by atoms with Crippen LogP contribution in [-0.4, -0.2) is 21.9 Å². The van der Waals surface area contributed by atoms with Crippen LogP contribution in [0.5, 0.6) is 5.75 Å². The number of methoxy groups -OCH3 is 1. The van der Waals surface area contributed by atoms with E-state index in [-0.39, 0.29) is 5.41 Å². The average Bonchev–Trinajstić information content (AvgIpc) is 2.67. The van der Waals surface area contributed by atoms with Crippen LogP contribution in [-0.2, 0) is 12.5 Å². The molecule has 1 heterocycles. The number of ether oxygens (including phenoxy) is 1. The molecule has 19 heavy (non-hydrogen) atoms. The molecule has 0 saturated carbocycles. The van der Waals surface area contributed by atoms with Crippen LogP contribution in [0.2, 0.25) is 0 Å². The van der Waals surface area contributed by atoms with Crippen LogP contribution in [0.25, 0.3) is 11.4 Å². The minimum Gasteiger partial charge on any atom is -0.496 e. The Labute approximate surface area is 114 Å². The van der Waals surface area contributed by atoms with Crippen molar-refractivity contribution in [2.24, 2.45) is 7.05 Å². The highest BCUT2D eigenvalue weighted by atomic mass is 16.5. The quantitative estimate of drug-likeness (QED) is 0.832. The number of benzene rings is 1. The van der Waals surface area contributed by atoms with Gasteiger partial charge in [-0.25, -0.2) is 4.98 Å². The van der Waals surface area contributed by atoms with E-state index in [1.54, 1.807) is 11.8 Å². The molecular weight excluding hydrogens is 238 g/mol. The van der Waals surface area contributed by atoms with E-state index in [0.717, 1.165) is 22.7 Å². The van der Waals surface area contributed by atoms with Gasteiger partial charge in [0.2, 0.25) is 0 Å². The molecule has 0 unspecified atom stereocenters. The minimum atomic E-state index is 0.0190. The fraction of sp³-hybridized carbons (Fsp3) is 0.467. The summed E-state index contributed by atoms with van der Waals surface area (Å²) in [5.74, 6) is 2.46. The molecule has 0 amide bonds. The first-order valence-corrected chi connectivity index (χ1v) is 6.40. The van der Waals surface area contributed by atoms with Crippen LogP contribution in [0, 0.1) is 6.92 Å². The van der Waals surface area contributed by atoms with Gasteiger partial charge in [0, 0.05) is 12.6 Å². The van der Waals surface area contributed by atoms with E-state index in [1.807, 2.05) is 26.1 Å². The third-order valence-corrected chi connectivity index (χ3v) is 3.25. The molecule has 0 bridgehead atoms. The molecule has 0 spiro atoms. The van der Waals surface area contributed by atoms with E-state index >= 15 is 0 Å². The number of aryl methyl sites for hydroxylation is 2. The summed E-state index contributed by atoms with van der Waals surface area (Å²) in [7, 11) is 3.59. The maximum absolute atomic E-state index is 5.62. The smallest absolute Gasteiger partial charge is 0.185 e. The predicted octanol–water partition coefficient (Wildman–Crippen LogP) is 3.10. The zero-order valence-corrected chi connectivity index (χ0v) is 12.5. The summed E-state index contributed by atoms with van der Waals surface area (Å²) in [5, 5.41) is 4.44. The molecule has 102 valence electrons. The van der Waals surface area contributed by atoms with Crippen LogP contribution in [0.4, 0.5) is 0 Å². The summed E-state index contributed by atoms with van der Waals surface area (Å²) in [4.78, 5) is 4.48. The van der Waals surface area contributed by atoms with E-state index in [2.05, 4.69) is 36.9 Å². The molecule has 0 aliphatic rings. The van der Waals surface area contributed by atoms with Crippen LogP contribution < -0.4 is 4.74 Å². The summed E-state index contributed by atoms with van der Waals surface area (Å²) < 4.78 is 7.39. The molecule has 0 aliphatic heterocycles. The Morgan fingerprint density at radius 1 is 1.21 bits per heavy atom. The van der Waals surface area contributed by atoms with Gasteiger partial charge in [-0.15, -0.1) is 0 Å². The molecule has 0 atom stereocenters. The molecule has 1 aromatic carbocycles. The van der Waals surface area contributed by atoms with Crippen molar-refractivity contribution in [3.05, 3.63) is 29.6 Å². The molecule has 1 aromatic heterocycles. The molecule has 4 nitrogen and oxygen atoms in total. The number of para-hydroxylation sites is 1. The molecule has 2 rings (SSSR count). The Balaban J connectivity index is 2.64. The van der Waals surface area contributed by atoms with Crippen molar-refractivity contribution in [1.82, 2.24) is 14.8 Å². The average molecular weight is 259 g/mol. The van der Waals surface area contributed by atoms with E-state index in [9.17, 15) is 0 Å². The Morgan fingerprint density at radius 2 is 1.89 bits per heavy atom. The summed E-state index contributed by atoms with van der Waals surface area (Å²) in [5.41, 5.74) is 2.13. The van der Waals surface area contributed by atoms with E-state index < -0.39 is 0 Å². The third-order valence-electron chi connectivity index (χ3n) is 3.25. The van der Waals surface area contributed by atoms with E-state index in [0.29, 0.717) is 5.82 Å². The normalized spacial score (nSPS) is 11.7.